The normalized spacial score (nSPS) is 12.0. The highest BCUT2D eigenvalue weighted by molar-refractivity contribution is 7.89. The smallest absolute Gasteiger partial charge is 0.243 e. The first-order chi connectivity index (χ1) is 9.86. The monoisotopic (exact) mass is 330 g/mol. The third kappa shape index (κ3) is 3.29. The van der Waals surface area contributed by atoms with Crippen molar-refractivity contribution in [2.45, 2.75) is 25.0 Å². The molecule has 0 aliphatic heterocycles. The van der Waals surface area contributed by atoms with E-state index in [1.807, 2.05) is 0 Å². The van der Waals surface area contributed by atoms with Crippen LogP contribution in [0.5, 0.6) is 0 Å². The highest BCUT2D eigenvalue weighted by atomic mass is 32.2. The number of aromatic nitrogens is 1. The molecule has 0 saturated heterocycles. The van der Waals surface area contributed by atoms with Gasteiger partial charge in [-0.2, -0.15) is 4.31 Å². The van der Waals surface area contributed by atoms with Crippen molar-refractivity contribution in [3.63, 3.8) is 0 Å². The topological polar surface area (TPSA) is 70.5 Å². The lowest BCUT2D eigenvalue weighted by Gasteiger charge is -2.18. The van der Waals surface area contributed by atoms with Gasteiger partial charge in [-0.1, -0.05) is 0 Å². The number of aliphatic hydroxyl groups excluding tert-OH is 1. The molecule has 8 heteroatoms. The zero-order chi connectivity index (χ0) is 15.6. The number of hydrogen-bond acceptors (Lipinski definition) is 5. The molecule has 0 fully saturated rings. The Bertz CT molecular complexity index is 730. The van der Waals surface area contributed by atoms with E-state index in [0.717, 1.165) is 10.4 Å². The third-order valence-corrected chi connectivity index (χ3v) is 5.66. The summed E-state index contributed by atoms with van der Waals surface area (Å²) < 4.78 is 40.0. The average Bonchev–Trinajstić information content (AvgIpc) is 2.94. The van der Waals surface area contributed by atoms with Gasteiger partial charge in [0.15, 0.2) is 0 Å². The zero-order valence-electron chi connectivity index (χ0n) is 11.6. The van der Waals surface area contributed by atoms with E-state index < -0.39 is 22.4 Å². The molecule has 0 amide bonds. The molecule has 114 valence electrons. The summed E-state index contributed by atoms with van der Waals surface area (Å²) in [5.41, 5.74) is 2.51. The summed E-state index contributed by atoms with van der Waals surface area (Å²) in [4.78, 5) is 3.90. The molecule has 0 aliphatic carbocycles. The van der Waals surface area contributed by atoms with Gasteiger partial charge in [0.1, 0.15) is 5.82 Å². The first-order valence-electron chi connectivity index (χ1n) is 6.09. The van der Waals surface area contributed by atoms with Crippen LogP contribution in [-0.4, -0.2) is 29.9 Å². The molecule has 2 aromatic rings. The molecule has 0 spiro atoms. The van der Waals surface area contributed by atoms with Gasteiger partial charge < -0.3 is 5.11 Å². The summed E-state index contributed by atoms with van der Waals surface area (Å²) in [5.74, 6) is -0.651. The summed E-state index contributed by atoms with van der Waals surface area (Å²) in [7, 11) is -2.44. The second-order valence-corrected chi connectivity index (χ2v) is 7.33. The quantitative estimate of drug-likeness (QED) is 0.909. The molecule has 1 aromatic carbocycles. The second kappa shape index (κ2) is 6.18. The van der Waals surface area contributed by atoms with Crippen molar-refractivity contribution in [1.29, 1.82) is 0 Å². The standard InChI is InChI=1S/C13H15FN2O3S2/c1-9-12(14)3-10(6-17)4-13(9)21(18,19)16(2)5-11-7-20-8-15-11/h3-4,7-8,17H,5-6H2,1-2H3. The Morgan fingerprint density at radius 2 is 2.14 bits per heavy atom. The molecule has 0 bridgehead atoms. The predicted octanol–water partition coefficient (Wildman–Crippen LogP) is 1.90. The molecule has 1 aromatic heterocycles. The fourth-order valence-electron chi connectivity index (χ4n) is 1.86. The molecule has 0 aliphatic rings. The van der Waals surface area contributed by atoms with Crippen molar-refractivity contribution < 1.29 is 17.9 Å². The number of thiazole rings is 1. The summed E-state index contributed by atoms with van der Waals surface area (Å²) in [6.45, 7) is 1.09. The Labute approximate surface area is 126 Å². The minimum atomic E-state index is -3.85. The Balaban J connectivity index is 2.41. The van der Waals surface area contributed by atoms with Crippen LogP contribution in [0.25, 0.3) is 0 Å². The lowest BCUT2D eigenvalue weighted by atomic mass is 10.1. The Morgan fingerprint density at radius 3 is 2.71 bits per heavy atom. The summed E-state index contributed by atoms with van der Waals surface area (Å²) in [6, 6.07) is 2.43. The van der Waals surface area contributed by atoms with E-state index in [-0.39, 0.29) is 22.6 Å². The van der Waals surface area contributed by atoms with Crippen molar-refractivity contribution >= 4 is 21.4 Å². The molecule has 1 N–H and O–H groups in total. The van der Waals surface area contributed by atoms with Gasteiger partial charge in [0.05, 0.1) is 29.3 Å². The molecular formula is C13H15FN2O3S2. The molecule has 21 heavy (non-hydrogen) atoms. The molecule has 2 rings (SSSR count). The molecule has 1 heterocycles. The van der Waals surface area contributed by atoms with Gasteiger partial charge in [0.2, 0.25) is 10.0 Å². The maximum Gasteiger partial charge on any atom is 0.243 e. The summed E-state index contributed by atoms with van der Waals surface area (Å²) in [5, 5.41) is 10.9. The van der Waals surface area contributed by atoms with Crippen LogP contribution in [-0.2, 0) is 23.2 Å². The Morgan fingerprint density at radius 1 is 1.43 bits per heavy atom. The van der Waals surface area contributed by atoms with Crippen LogP contribution in [0.2, 0.25) is 0 Å². The largest absolute Gasteiger partial charge is 0.392 e. The van der Waals surface area contributed by atoms with Gasteiger partial charge in [0, 0.05) is 18.0 Å². The molecule has 0 saturated carbocycles. The molecule has 0 atom stereocenters. The van der Waals surface area contributed by atoms with E-state index in [2.05, 4.69) is 4.98 Å². The molecule has 0 unspecified atom stereocenters. The first kappa shape index (κ1) is 16.0. The van der Waals surface area contributed by atoms with Crippen molar-refractivity contribution in [2.75, 3.05) is 7.05 Å². The Kier molecular flexibility index (Phi) is 4.72. The Hall–Kier alpha value is -1.35. The number of sulfonamides is 1. The van der Waals surface area contributed by atoms with E-state index >= 15 is 0 Å². The average molecular weight is 330 g/mol. The van der Waals surface area contributed by atoms with Crippen LogP contribution in [0.1, 0.15) is 16.8 Å². The van der Waals surface area contributed by atoms with Crippen LogP contribution in [0, 0.1) is 12.7 Å². The lowest BCUT2D eigenvalue weighted by Crippen LogP contribution is -2.27. The van der Waals surface area contributed by atoms with Gasteiger partial charge >= 0.3 is 0 Å². The summed E-state index contributed by atoms with van der Waals surface area (Å²) >= 11 is 1.37. The SMILES string of the molecule is Cc1c(F)cc(CO)cc1S(=O)(=O)N(C)Cc1cscn1. The van der Waals surface area contributed by atoms with Crippen LogP contribution in [0.3, 0.4) is 0 Å². The highest BCUT2D eigenvalue weighted by Crippen LogP contribution is 2.24. The molecule has 5 nitrogen and oxygen atoms in total. The fraction of sp³-hybridized carbons (Fsp3) is 0.308. The number of rotatable bonds is 5. The van der Waals surface area contributed by atoms with Crippen LogP contribution in [0.15, 0.2) is 27.9 Å². The van der Waals surface area contributed by atoms with E-state index in [0.29, 0.717) is 5.69 Å². The van der Waals surface area contributed by atoms with Crippen LogP contribution < -0.4 is 0 Å². The number of hydrogen-bond donors (Lipinski definition) is 1. The lowest BCUT2D eigenvalue weighted by molar-refractivity contribution is 0.280. The van der Waals surface area contributed by atoms with Crippen molar-refractivity contribution in [3.05, 3.63) is 45.7 Å². The zero-order valence-corrected chi connectivity index (χ0v) is 13.2. The van der Waals surface area contributed by atoms with Gasteiger partial charge in [0.25, 0.3) is 0 Å². The maximum absolute atomic E-state index is 13.8. The van der Waals surface area contributed by atoms with Gasteiger partial charge in [-0.15, -0.1) is 11.3 Å². The number of halogens is 1. The van der Waals surface area contributed by atoms with Gasteiger partial charge in [-0.05, 0) is 24.6 Å². The van der Waals surface area contributed by atoms with Crippen molar-refractivity contribution in [3.8, 4) is 0 Å². The number of aliphatic hydroxyl groups is 1. The number of benzene rings is 1. The maximum atomic E-state index is 13.8. The fourth-order valence-corrected chi connectivity index (χ4v) is 3.84. The van der Waals surface area contributed by atoms with Crippen molar-refractivity contribution in [1.82, 2.24) is 9.29 Å². The third-order valence-electron chi connectivity index (χ3n) is 3.10. The number of nitrogens with zero attached hydrogens (tertiary/aromatic N) is 2. The van der Waals surface area contributed by atoms with E-state index in [1.165, 1.54) is 31.4 Å². The predicted molar refractivity (Wildman–Crippen MR) is 77.8 cm³/mol. The van der Waals surface area contributed by atoms with E-state index in [9.17, 15) is 12.8 Å². The van der Waals surface area contributed by atoms with Gasteiger partial charge in [-0.25, -0.2) is 17.8 Å². The minimum Gasteiger partial charge on any atom is -0.392 e. The molecule has 0 radical (unpaired) electrons. The highest BCUT2D eigenvalue weighted by Gasteiger charge is 2.25. The van der Waals surface area contributed by atoms with Gasteiger partial charge in [-0.3, -0.25) is 0 Å². The summed E-state index contributed by atoms with van der Waals surface area (Å²) in [6.07, 6.45) is 0. The molecular weight excluding hydrogens is 315 g/mol. The second-order valence-electron chi connectivity index (χ2n) is 4.60. The van der Waals surface area contributed by atoms with Crippen LogP contribution >= 0.6 is 11.3 Å². The van der Waals surface area contributed by atoms with Crippen LogP contribution in [0.4, 0.5) is 4.39 Å². The van der Waals surface area contributed by atoms with E-state index in [4.69, 9.17) is 5.11 Å². The van der Waals surface area contributed by atoms with E-state index in [1.54, 1.807) is 10.9 Å². The minimum absolute atomic E-state index is 0.0392. The van der Waals surface area contributed by atoms with Crippen molar-refractivity contribution in [2.24, 2.45) is 0 Å². The first-order valence-corrected chi connectivity index (χ1v) is 8.48.